The van der Waals surface area contributed by atoms with Gasteiger partial charge in [-0.2, -0.15) is 0 Å². The van der Waals surface area contributed by atoms with Gasteiger partial charge in [-0.05, 0) is 210 Å². The number of benzene rings is 1. The third-order valence-corrected chi connectivity index (χ3v) is 26.0. The number of likely N-dealkylation sites (tertiary alicyclic amines) is 1. The van der Waals surface area contributed by atoms with Gasteiger partial charge >= 0.3 is 6.09 Å². The van der Waals surface area contributed by atoms with E-state index in [1.165, 1.54) is 47.4 Å². The summed E-state index contributed by atoms with van der Waals surface area (Å²) in [5, 5.41) is 17.7. The predicted octanol–water partition coefficient (Wildman–Crippen LogP) is 13.4. The smallest absolute Gasteiger partial charge is 0.410 e. The van der Waals surface area contributed by atoms with Gasteiger partial charge in [-0.25, -0.2) is 43.5 Å². The Morgan fingerprint density at radius 2 is 0.778 bits per heavy atom. The normalized spacial score (nSPS) is 15.0. The Morgan fingerprint density at radius 3 is 1.10 bits per heavy atom. The monoisotopic (exact) mass is 1860 g/mol. The largest absolute Gasteiger partial charge is 0.496 e. The molecule has 3 fully saturated rings. The van der Waals surface area contributed by atoms with E-state index in [0.717, 1.165) is 72.4 Å². The van der Waals surface area contributed by atoms with Crippen LogP contribution in [-0.4, -0.2) is 183 Å². The van der Waals surface area contributed by atoms with Gasteiger partial charge in [0, 0.05) is 126 Å². The van der Waals surface area contributed by atoms with E-state index in [4.69, 9.17) is 28.4 Å². The van der Waals surface area contributed by atoms with E-state index in [9.17, 15) is 51.9 Å². The van der Waals surface area contributed by atoms with Crippen LogP contribution in [0.4, 0.5) is 13.6 Å². The fourth-order valence-electron chi connectivity index (χ4n) is 19.3. The highest BCUT2D eigenvalue weighted by Gasteiger charge is 2.40. The molecule has 1 aromatic carbocycles. The van der Waals surface area contributed by atoms with Crippen molar-refractivity contribution >= 4 is 73.7 Å². The number of H-pyrrole nitrogens is 4. The molecular formula is C98H126F2N20O15. The lowest BCUT2D eigenvalue weighted by atomic mass is 9.82. The fourth-order valence-corrected chi connectivity index (χ4v) is 19.3. The maximum absolute atomic E-state index is 13.7. The molecule has 1 aliphatic carbocycles. The summed E-state index contributed by atoms with van der Waals surface area (Å²) in [4.78, 5) is 154. The average molecular weight is 1860 g/mol. The van der Waals surface area contributed by atoms with Crippen molar-refractivity contribution in [3.8, 4) is 23.0 Å². The van der Waals surface area contributed by atoms with Crippen LogP contribution in [0, 0.1) is 73.1 Å². The minimum Gasteiger partial charge on any atom is -0.496 e. The molecule has 0 bridgehead atoms. The maximum Gasteiger partial charge on any atom is 0.410 e. The minimum absolute atomic E-state index is 0.0100. The van der Waals surface area contributed by atoms with E-state index >= 15 is 0 Å². The number of hydrogen-bond acceptors (Lipinski definition) is 22. The number of ether oxygens (including phenoxy) is 6. The Morgan fingerprint density at radius 1 is 0.459 bits per heavy atom. The molecule has 35 nitrogen and oxygen atoms in total. The Balaban J connectivity index is 0.000000163. The molecule has 722 valence electrons. The molecule has 1 saturated carbocycles. The number of fused-ring (bicyclic) bond motifs is 4. The summed E-state index contributed by atoms with van der Waals surface area (Å²) in [5.74, 6) is -1.24. The van der Waals surface area contributed by atoms with E-state index in [-0.39, 0.29) is 126 Å². The summed E-state index contributed by atoms with van der Waals surface area (Å²) in [5.41, 5.74) is 10.3. The number of carbonyl (C=O) groups is 5. The summed E-state index contributed by atoms with van der Waals surface area (Å²) in [6.07, 6.45) is 13.4. The number of amides is 5. The van der Waals surface area contributed by atoms with Crippen molar-refractivity contribution in [1.82, 2.24) is 99.6 Å². The van der Waals surface area contributed by atoms with Crippen molar-refractivity contribution in [2.24, 2.45) is 17.8 Å². The topological polar surface area (TPSA) is 433 Å². The second kappa shape index (κ2) is 42.8. The Kier molecular flexibility index (Phi) is 31.9. The van der Waals surface area contributed by atoms with Crippen molar-refractivity contribution in [3.63, 3.8) is 0 Å². The number of hydrogen-bond donors (Lipinski definition) is 9. The standard InChI is InChI=1S/C28H38N6O5.C24H29F2N5O3.C23H30N6O3.C23H29N3O4/c1-16-12-22(38-7)20(25(35)32-16)14-30-26(36)23-18(3)34(24-21(23)13-29-15-31-24)17(2)19-8-10-33(11-9-19)27(37)39-28(4,5)6;1-13-9-19(34-4)17(22(32)30-13)11-28-23(33)20-15(3)31(21-18(20)10-27-12-29-21)14(2)16-5-7-24(25,26)8-6-16;1-13-9-19(32-4)17(22(30)28-13)11-26-23(31)20-15(3)29(21-18(20)10-25-12-27-21)14(2)16-5-7-24-8-6-16;1-14-11-19(30-6)17(21(27)25-14)12-24-22(28)20-15(2)26(23(3,4)13-29-5)18-10-8-7-9-16(18)20/h12-13,15,17,19H,8-11,14H2,1-7H3,(H,30,36)(H,32,35);9-10,12,14,16H,5-8,11H2,1-4H3,(H,28,33)(H,30,32);9-10,12,14,16,24H,5-8,11H2,1-4H3,(H,26,31)(H,28,30);7-11H,12-13H2,1-6H3,(H,24,28)(H,25,27). The number of carbonyl (C=O) groups excluding carboxylic acids is 5. The average Bonchev–Trinajstić information content (AvgIpc) is 1.60. The molecule has 3 atom stereocenters. The van der Waals surface area contributed by atoms with E-state index < -0.39 is 11.5 Å². The number of aryl methyl sites for hydroxylation is 4. The number of aromatic amines is 4. The van der Waals surface area contributed by atoms with Crippen molar-refractivity contribution in [2.45, 2.75) is 224 Å². The van der Waals surface area contributed by atoms with Crippen LogP contribution < -0.4 is 67.8 Å². The summed E-state index contributed by atoms with van der Waals surface area (Å²) in [6.45, 7) is 34.6. The Bertz CT molecular complexity index is 6610. The molecule has 11 aromatic heterocycles. The number of aromatic nitrogens is 14. The number of para-hydroxylation sites is 1. The van der Waals surface area contributed by atoms with Gasteiger partial charge in [0.15, 0.2) is 0 Å². The summed E-state index contributed by atoms with van der Waals surface area (Å²) >= 11 is 0. The van der Waals surface area contributed by atoms with Crippen LogP contribution >= 0.6 is 0 Å². The third kappa shape index (κ3) is 22.3. The number of nitrogens with one attached hydrogen (secondary N) is 9. The molecule has 0 radical (unpaired) electrons. The first-order chi connectivity index (χ1) is 64.2. The van der Waals surface area contributed by atoms with Gasteiger partial charge < -0.3 is 98.1 Å². The zero-order chi connectivity index (χ0) is 98.0. The number of rotatable bonds is 25. The van der Waals surface area contributed by atoms with Gasteiger partial charge in [0.25, 0.3) is 45.9 Å². The Hall–Kier alpha value is -13.5. The lowest BCUT2D eigenvalue weighted by Gasteiger charge is -2.36. The second-order valence-corrected chi connectivity index (χ2v) is 36.7. The number of piperidine rings is 2. The van der Waals surface area contributed by atoms with Crippen LogP contribution in [0.5, 0.6) is 23.0 Å². The molecule has 13 heterocycles. The van der Waals surface area contributed by atoms with E-state index in [2.05, 4.69) is 118 Å². The fraction of sp³-hybridized carbons (Fsp3) is 0.480. The molecule has 3 aliphatic rings. The molecule has 135 heavy (non-hydrogen) atoms. The van der Waals surface area contributed by atoms with Gasteiger partial charge in [-0.1, -0.05) is 18.2 Å². The zero-order valence-corrected chi connectivity index (χ0v) is 80.9. The molecular weight excluding hydrogens is 1740 g/mol. The van der Waals surface area contributed by atoms with Crippen LogP contribution in [0.2, 0.25) is 0 Å². The van der Waals surface area contributed by atoms with Gasteiger partial charge in [0.1, 0.15) is 64.5 Å². The quantitative estimate of drug-likeness (QED) is 0.0257. The number of pyridine rings is 4. The van der Waals surface area contributed by atoms with Crippen LogP contribution in [0.1, 0.15) is 234 Å². The van der Waals surface area contributed by atoms with Crippen LogP contribution in [-0.2, 0) is 41.2 Å². The van der Waals surface area contributed by atoms with Crippen LogP contribution in [0.15, 0.2) is 105 Å². The number of halogens is 2. The summed E-state index contributed by atoms with van der Waals surface area (Å²) in [7, 11) is 7.65. The molecule has 2 saturated heterocycles. The van der Waals surface area contributed by atoms with Gasteiger partial charge in [-0.3, -0.25) is 38.4 Å². The van der Waals surface area contributed by atoms with Crippen molar-refractivity contribution in [3.05, 3.63) is 218 Å². The molecule has 12 aromatic rings. The van der Waals surface area contributed by atoms with E-state index in [0.29, 0.717) is 162 Å². The summed E-state index contributed by atoms with van der Waals surface area (Å²) in [6, 6.07) is 14.9. The Labute approximate surface area is 780 Å². The van der Waals surface area contributed by atoms with Gasteiger partial charge in [-0.15, -0.1) is 0 Å². The van der Waals surface area contributed by atoms with E-state index in [1.807, 2.05) is 84.2 Å². The molecule has 37 heteroatoms. The minimum atomic E-state index is -2.61. The lowest BCUT2D eigenvalue weighted by molar-refractivity contribution is -0.0504. The zero-order valence-electron chi connectivity index (χ0n) is 80.9. The number of alkyl halides is 2. The molecule has 5 amide bonds. The first-order valence-electron chi connectivity index (χ1n) is 45.4. The predicted molar refractivity (Wildman–Crippen MR) is 510 cm³/mol. The molecule has 3 unspecified atom stereocenters. The lowest BCUT2D eigenvalue weighted by Crippen LogP contribution is -2.42. The van der Waals surface area contributed by atoms with Crippen molar-refractivity contribution in [1.29, 1.82) is 0 Å². The van der Waals surface area contributed by atoms with Crippen molar-refractivity contribution in [2.75, 3.05) is 68.3 Å². The van der Waals surface area contributed by atoms with Crippen LogP contribution in [0.25, 0.3) is 44.0 Å². The maximum atomic E-state index is 13.7. The van der Waals surface area contributed by atoms with Gasteiger partial charge in [0.05, 0.1) is 127 Å². The first kappa shape index (κ1) is 101. The highest BCUT2D eigenvalue weighted by atomic mass is 19.3. The van der Waals surface area contributed by atoms with Crippen molar-refractivity contribution < 1.29 is 61.2 Å². The molecule has 2 aliphatic heterocycles. The SMILES string of the molecule is COCC(C)(C)n1c(C)c(C(=O)NCc2c(OC)cc(C)[nH]c2=O)c2ccccc21.COc1cc(C)[nH]c(=O)c1CNC(=O)c1c(C)n(C(C)C2CCC(F)(F)CC2)c2ncncc12.COc1cc(C)[nH]c(=O)c1CNC(=O)c1c(C)n(C(C)C2CCN(C(=O)OC(C)(C)C)CC2)c2ncncc12.COc1cc(C)[nH]c(=O)c1CNC(=O)c1c(C)n(C(C)C2CCNCC2)c2ncncc12. The third-order valence-electron chi connectivity index (χ3n) is 26.0. The first-order valence-corrected chi connectivity index (χ1v) is 45.4. The highest BCUT2D eigenvalue weighted by molar-refractivity contribution is 6.10. The summed E-state index contributed by atoms with van der Waals surface area (Å²) < 4.78 is 68.0. The molecule has 9 N–H and O–H groups in total. The highest BCUT2D eigenvalue weighted by Crippen LogP contribution is 2.44. The van der Waals surface area contributed by atoms with E-state index in [1.54, 1.807) is 82.6 Å². The number of methoxy groups -OCH3 is 5. The van der Waals surface area contributed by atoms with Crippen LogP contribution in [0.3, 0.4) is 0 Å². The molecule has 15 rings (SSSR count). The molecule has 0 spiro atoms. The second-order valence-electron chi connectivity index (χ2n) is 36.7. The number of nitrogens with zero attached hydrogens (tertiary/aromatic N) is 11. The van der Waals surface area contributed by atoms with Gasteiger partial charge in [0.2, 0.25) is 5.92 Å².